The number of fused-ring (bicyclic) bond motifs is 1. The van der Waals surface area contributed by atoms with Crippen molar-refractivity contribution in [1.29, 1.82) is 0 Å². The Labute approximate surface area is 226 Å². The average Bonchev–Trinajstić information content (AvgIpc) is 3.24. The molecule has 0 amide bonds. The lowest BCUT2D eigenvalue weighted by Gasteiger charge is -2.33. The highest BCUT2D eigenvalue weighted by atomic mass is 35.5. The normalized spacial score (nSPS) is 16.9. The van der Waals surface area contributed by atoms with Crippen LogP contribution in [0.1, 0.15) is 33.1 Å². The molecule has 0 bridgehead atoms. The van der Waals surface area contributed by atoms with Gasteiger partial charge in [0, 0.05) is 28.3 Å². The molecular weight excluding hydrogens is 502 g/mol. The van der Waals surface area contributed by atoms with Gasteiger partial charge in [-0.1, -0.05) is 60.1 Å². The smallest absolute Gasteiger partial charge is 0.339 e. The van der Waals surface area contributed by atoms with E-state index in [4.69, 9.17) is 21.1 Å². The fourth-order valence-electron chi connectivity index (χ4n) is 5.02. The van der Waals surface area contributed by atoms with Gasteiger partial charge in [0.2, 0.25) is 0 Å². The maximum atomic E-state index is 13.5. The molecule has 0 saturated heterocycles. The highest BCUT2D eigenvalue weighted by Crippen LogP contribution is 2.49. The first kappa shape index (κ1) is 25.4. The third-order valence-electron chi connectivity index (χ3n) is 6.85. The van der Waals surface area contributed by atoms with Gasteiger partial charge in [0.1, 0.15) is 23.8 Å². The number of phenols is 1. The van der Waals surface area contributed by atoms with Crippen LogP contribution in [0.5, 0.6) is 11.5 Å². The average molecular weight is 528 g/mol. The molecule has 1 heterocycles. The minimum atomic E-state index is -1.27. The Morgan fingerprint density at radius 2 is 1.74 bits per heavy atom. The topological polar surface area (TPSA) is 76.1 Å². The van der Waals surface area contributed by atoms with E-state index in [-0.39, 0.29) is 18.7 Å². The molecule has 4 aromatic carbocycles. The Hall–Kier alpha value is -4.29. The van der Waals surface area contributed by atoms with Crippen LogP contribution in [0.25, 0.3) is 0 Å². The Morgan fingerprint density at radius 1 is 1.03 bits per heavy atom. The lowest BCUT2D eigenvalue weighted by Crippen LogP contribution is -2.41. The van der Waals surface area contributed by atoms with Crippen LogP contribution in [0.2, 0.25) is 5.02 Å². The molecule has 0 fully saturated rings. The van der Waals surface area contributed by atoms with Crippen molar-refractivity contribution in [3.05, 3.63) is 124 Å². The number of esters is 1. The summed E-state index contributed by atoms with van der Waals surface area (Å²) >= 11 is 6.47. The Kier molecular flexibility index (Phi) is 7.07. The lowest BCUT2D eigenvalue weighted by atomic mass is 9.88. The molecule has 38 heavy (non-hydrogen) atoms. The first-order valence-corrected chi connectivity index (χ1v) is 12.5. The van der Waals surface area contributed by atoms with Crippen molar-refractivity contribution < 1.29 is 24.2 Å². The van der Waals surface area contributed by atoms with E-state index in [2.05, 4.69) is 0 Å². The minimum absolute atomic E-state index is 0.0398. The number of phenolic OH excluding ortho intramolecular Hbond substituents is 1. The Morgan fingerprint density at radius 3 is 2.42 bits per heavy atom. The molecule has 1 aliphatic heterocycles. The van der Waals surface area contributed by atoms with Crippen molar-refractivity contribution in [2.45, 2.75) is 18.1 Å². The molecule has 1 N–H and O–H groups in total. The Bertz CT molecular complexity index is 1460. The molecule has 0 aromatic heterocycles. The zero-order valence-electron chi connectivity index (χ0n) is 20.7. The first-order valence-electron chi connectivity index (χ1n) is 12.2. The van der Waals surface area contributed by atoms with Gasteiger partial charge in [-0.25, -0.2) is 4.79 Å². The number of carbonyl (C=O) groups excluding carboxylic acids is 2. The SMILES string of the molecule is COc1ccc(O)c(CC2(OC(=O)c3ccccc3)CN(C(C=O)c3ccccc3)c3ccc(Cl)cc32)c1. The van der Waals surface area contributed by atoms with Crippen molar-refractivity contribution in [1.82, 2.24) is 0 Å². The summed E-state index contributed by atoms with van der Waals surface area (Å²) in [6, 6.07) is 27.8. The summed E-state index contributed by atoms with van der Waals surface area (Å²) < 4.78 is 11.7. The number of benzene rings is 4. The van der Waals surface area contributed by atoms with Crippen molar-refractivity contribution in [2.24, 2.45) is 0 Å². The maximum Gasteiger partial charge on any atom is 0.339 e. The van der Waals surface area contributed by atoms with E-state index >= 15 is 0 Å². The van der Waals surface area contributed by atoms with E-state index in [0.29, 0.717) is 27.5 Å². The number of hydrogen-bond donors (Lipinski definition) is 1. The molecule has 0 aliphatic carbocycles. The van der Waals surface area contributed by atoms with Gasteiger partial charge in [0.05, 0.1) is 19.2 Å². The van der Waals surface area contributed by atoms with Gasteiger partial charge in [0.15, 0.2) is 5.60 Å². The number of nitrogens with zero attached hydrogens (tertiary/aromatic N) is 1. The van der Waals surface area contributed by atoms with Crippen LogP contribution in [-0.2, 0) is 21.6 Å². The fraction of sp³-hybridized carbons (Fsp3) is 0.161. The van der Waals surface area contributed by atoms with E-state index in [0.717, 1.165) is 17.5 Å². The van der Waals surface area contributed by atoms with Crippen LogP contribution in [0, 0.1) is 0 Å². The van der Waals surface area contributed by atoms with Crippen LogP contribution >= 0.6 is 11.6 Å². The summed E-state index contributed by atoms with van der Waals surface area (Å²) in [6.07, 6.45) is 1.00. The van der Waals surface area contributed by atoms with Crippen LogP contribution in [0.15, 0.2) is 97.1 Å². The van der Waals surface area contributed by atoms with E-state index < -0.39 is 17.6 Å². The molecule has 6 nitrogen and oxygen atoms in total. The molecule has 1 aliphatic rings. The fourth-order valence-corrected chi connectivity index (χ4v) is 5.19. The third-order valence-corrected chi connectivity index (χ3v) is 7.09. The van der Waals surface area contributed by atoms with Gasteiger partial charge in [-0.05, 0) is 54.1 Å². The van der Waals surface area contributed by atoms with Crippen molar-refractivity contribution in [3.8, 4) is 11.5 Å². The number of methoxy groups -OCH3 is 1. The van der Waals surface area contributed by atoms with Gasteiger partial charge in [-0.2, -0.15) is 0 Å². The number of carbonyl (C=O) groups is 2. The van der Waals surface area contributed by atoms with Crippen LogP contribution in [0.3, 0.4) is 0 Å². The maximum absolute atomic E-state index is 13.5. The van der Waals surface area contributed by atoms with E-state index in [9.17, 15) is 14.7 Å². The van der Waals surface area contributed by atoms with Crippen LogP contribution in [0.4, 0.5) is 5.69 Å². The standard InChI is InChI=1S/C31H26ClNO5/c1-37-25-13-15-29(35)23(16-25)18-31(38-30(36)22-10-6-3-7-11-22)20-33(27-14-12-24(32)17-26(27)31)28(19-34)21-8-4-2-5-9-21/h2-17,19,28,35H,18,20H2,1H3. The highest BCUT2D eigenvalue weighted by Gasteiger charge is 2.49. The van der Waals surface area contributed by atoms with Gasteiger partial charge in [0.25, 0.3) is 0 Å². The number of hydrogen-bond acceptors (Lipinski definition) is 6. The number of ether oxygens (including phenoxy) is 2. The van der Waals surface area contributed by atoms with Gasteiger partial charge >= 0.3 is 5.97 Å². The lowest BCUT2D eigenvalue weighted by molar-refractivity contribution is -0.109. The molecule has 2 unspecified atom stereocenters. The summed E-state index contributed by atoms with van der Waals surface area (Å²) in [5.41, 5.74) is 1.82. The van der Waals surface area contributed by atoms with Gasteiger partial charge in [-0.15, -0.1) is 0 Å². The van der Waals surface area contributed by atoms with Crippen molar-refractivity contribution in [3.63, 3.8) is 0 Å². The molecule has 192 valence electrons. The number of aromatic hydroxyl groups is 1. The minimum Gasteiger partial charge on any atom is -0.508 e. The zero-order chi connectivity index (χ0) is 26.7. The summed E-state index contributed by atoms with van der Waals surface area (Å²) in [5.74, 6) is 0.0691. The van der Waals surface area contributed by atoms with E-state index in [1.807, 2.05) is 47.4 Å². The largest absolute Gasteiger partial charge is 0.508 e. The summed E-state index contributed by atoms with van der Waals surface area (Å²) in [4.78, 5) is 27.9. The third kappa shape index (κ3) is 4.83. The molecule has 0 spiro atoms. The molecule has 5 rings (SSSR count). The molecule has 4 aromatic rings. The number of halogens is 1. The second-order valence-electron chi connectivity index (χ2n) is 9.20. The molecule has 2 atom stereocenters. The summed E-state index contributed by atoms with van der Waals surface area (Å²) in [7, 11) is 1.54. The number of rotatable bonds is 8. The van der Waals surface area contributed by atoms with Crippen molar-refractivity contribution >= 4 is 29.5 Å². The van der Waals surface area contributed by atoms with E-state index in [1.165, 1.54) is 0 Å². The quantitative estimate of drug-likeness (QED) is 0.220. The Balaban J connectivity index is 1.66. The second kappa shape index (κ2) is 10.6. The number of anilines is 1. The van der Waals surface area contributed by atoms with Gasteiger partial charge < -0.3 is 24.3 Å². The summed E-state index contributed by atoms with van der Waals surface area (Å²) in [5, 5.41) is 11.2. The van der Waals surface area contributed by atoms with Crippen LogP contribution < -0.4 is 9.64 Å². The summed E-state index contributed by atoms with van der Waals surface area (Å²) in [6.45, 7) is 0.163. The van der Waals surface area contributed by atoms with E-state index in [1.54, 1.807) is 61.7 Å². The van der Waals surface area contributed by atoms with Gasteiger partial charge in [-0.3, -0.25) is 0 Å². The zero-order valence-corrected chi connectivity index (χ0v) is 21.5. The number of aldehydes is 1. The second-order valence-corrected chi connectivity index (χ2v) is 9.64. The van der Waals surface area contributed by atoms with Crippen LogP contribution in [-0.4, -0.2) is 31.0 Å². The van der Waals surface area contributed by atoms with Crippen molar-refractivity contribution in [2.75, 3.05) is 18.6 Å². The first-order chi connectivity index (χ1) is 18.4. The molecule has 0 saturated carbocycles. The predicted octanol–water partition coefficient (Wildman–Crippen LogP) is 6.11. The monoisotopic (exact) mass is 527 g/mol. The predicted molar refractivity (Wildman–Crippen MR) is 146 cm³/mol. The highest BCUT2D eigenvalue weighted by molar-refractivity contribution is 6.30. The molecule has 0 radical (unpaired) electrons. The molecular formula is C31H26ClNO5. The molecule has 7 heteroatoms.